The summed E-state index contributed by atoms with van der Waals surface area (Å²) in [7, 11) is -3.40. The smallest absolute Gasteiger partial charge is 0.240 e. The van der Waals surface area contributed by atoms with Gasteiger partial charge in [-0.25, -0.2) is 13.1 Å². The lowest BCUT2D eigenvalue weighted by atomic mass is 10.1. The monoisotopic (exact) mass is 311 g/mol. The molecule has 2 rings (SSSR count). The third-order valence-corrected chi connectivity index (χ3v) is 5.31. The summed E-state index contributed by atoms with van der Waals surface area (Å²) in [6.07, 6.45) is 4.49. The summed E-state index contributed by atoms with van der Waals surface area (Å²) in [5.74, 6) is 0. The van der Waals surface area contributed by atoms with Gasteiger partial charge >= 0.3 is 0 Å². The molecule has 1 aliphatic rings. The molecule has 1 heterocycles. The number of rotatable bonds is 7. The molecule has 3 N–H and O–H groups in total. The maximum Gasteiger partial charge on any atom is 0.240 e. The minimum absolute atomic E-state index is 0.321. The average Bonchev–Trinajstić information content (AvgIpc) is 2.49. The molecule has 21 heavy (non-hydrogen) atoms. The molecule has 0 aliphatic carbocycles. The number of piperidine rings is 1. The number of likely N-dealkylation sites (tertiary alicyclic amines) is 1. The fourth-order valence-corrected chi connectivity index (χ4v) is 3.63. The van der Waals surface area contributed by atoms with Crippen LogP contribution in [0.5, 0.6) is 0 Å². The van der Waals surface area contributed by atoms with Gasteiger partial charge in [0.25, 0.3) is 0 Å². The van der Waals surface area contributed by atoms with Gasteiger partial charge in [0.15, 0.2) is 0 Å². The lowest BCUT2D eigenvalue weighted by Crippen LogP contribution is -2.37. The van der Waals surface area contributed by atoms with E-state index in [1.54, 1.807) is 12.1 Å². The number of sulfonamides is 1. The molecule has 118 valence electrons. The molecule has 1 saturated heterocycles. The zero-order valence-corrected chi connectivity index (χ0v) is 13.2. The van der Waals surface area contributed by atoms with Crippen LogP contribution >= 0.6 is 0 Å². The van der Waals surface area contributed by atoms with Crippen molar-refractivity contribution >= 4 is 10.0 Å². The SMILES string of the molecule is NCCc1ccc(S(=O)(=O)NCCN2CCCCC2)cc1. The molecule has 0 amide bonds. The van der Waals surface area contributed by atoms with E-state index in [1.165, 1.54) is 19.3 Å². The first-order chi connectivity index (χ1) is 10.1. The number of nitrogens with zero attached hydrogens (tertiary/aromatic N) is 1. The molecule has 6 heteroatoms. The Balaban J connectivity index is 1.85. The van der Waals surface area contributed by atoms with Crippen LogP contribution in [-0.2, 0) is 16.4 Å². The predicted octanol–water partition coefficient (Wildman–Crippen LogP) is 0.952. The summed E-state index contributed by atoms with van der Waals surface area (Å²) >= 11 is 0. The van der Waals surface area contributed by atoms with E-state index in [2.05, 4.69) is 9.62 Å². The molecular formula is C15H25N3O2S. The summed E-state index contributed by atoms with van der Waals surface area (Å²) in [4.78, 5) is 2.64. The van der Waals surface area contributed by atoms with Crippen LogP contribution < -0.4 is 10.5 Å². The van der Waals surface area contributed by atoms with Gasteiger partial charge in [0.1, 0.15) is 0 Å². The van der Waals surface area contributed by atoms with Crippen molar-refractivity contribution in [1.29, 1.82) is 0 Å². The Labute approximate surface area is 127 Å². The van der Waals surface area contributed by atoms with Crippen LogP contribution in [0.2, 0.25) is 0 Å². The van der Waals surface area contributed by atoms with Gasteiger partial charge in [-0.05, 0) is 56.6 Å². The van der Waals surface area contributed by atoms with Gasteiger partial charge in [0.05, 0.1) is 4.90 Å². The molecule has 0 spiro atoms. The first-order valence-corrected chi connectivity index (χ1v) is 9.11. The normalized spacial score (nSPS) is 17.0. The Hall–Kier alpha value is -0.950. The third-order valence-electron chi connectivity index (χ3n) is 3.84. The van der Waals surface area contributed by atoms with Crippen LogP contribution in [0.25, 0.3) is 0 Å². The Kier molecular flexibility index (Phi) is 6.17. The van der Waals surface area contributed by atoms with E-state index in [4.69, 9.17) is 5.73 Å². The third kappa shape index (κ3) is 5.07. The van der Waals surface area contributed by atoms with E-state index >= 15 is 0 Å². The Morgan fingerprint density at radius 1 is 1.10 bits per heavy atom. The first-order valence-electron chi connectivity index (χ1n) is 7.63. The summed E-state index contributed by atoms with van der Waals surface area (Å²) in [6.45, 7) is 3.97. The van der Waals surface area contributed by atoms with Gasteiger partial charge < -0.3 is 10.6 Å². The first kappa shape index (κ1) is 16.4. The minimum atomic E-state index is -3.40. The second-order valence-electron chi connectivity index (χ2n) is 5.48. The van der Waals surface area contributed by atoms with Crippen LogP contribution in [0, 0.1) is 0 Å². The lowest BCUT2D eigenvalue weighted by molar-refractivity contribution is 0.233. The van der Waals surface area contributed by atoms with E-state index in [9.17, 15) is 8.42 Å². The molecule has 0 saturated carbocycles. The van der Waals surface area contributed by atoms with Crippen molar-refractivity contribution in [3.05, 3.63) is 29.8 Å². The highest BCUT2D eigenvalue weighted by Gasteiger charge is 2.15. The number of benzene rings is 1. The van der Waals surface area contributed by atoms with E-state index in [-0.39, 0.29) is 0 Å². The van der Waals surface area contributed by atoms with E-state index in [1.807, 2.05) is 12.1 Å². The van der Waals surface area contributed by atoms with Gasteiger partial charge in [-0.1, -0.05) is 18.6 Å². The predicted molar refractivity (Wildman–Crippen MR) is 84.7 cm³/mol. The zero-order valence-electron chi connectivity index (χ0n) is 12.4. The second kappa shape index (κ2) is 7.89. The molecule has 1 aromatic carbocycles. The molecule has 1 aliphatic heterocycles. The highest BCUT2D eigenvalue weighted by molar-refractivity contribution is 7.89. The van der Waals surface area contributed by atoms with Crippen molar-refractivity contribution in [2.75, 3.05) is 32.7 Å². The highest BCUT2D eigenvalue weighted by atomic mass is 32.2. The summed E-state index contributed by atoms with van der Waals surface area (Å²) in [6, 6.07) is 6.94. The highest BCUT2D eigenvalue weighted by Crippen LogP contribution is 2.11. The average molecular weight is 311 g/mol. The molecule has 1 aromatic rings. The molecule has 5 nitrogen and oxygen atoms in total. The lowest BCUT2D eigenvalue weighted by Gasteiger charge is -2.26. The van der Waals surface area contributed by atoms with Gasteiger partial charge in [-0.3, -0.25) is 0 Å². The van der Waals surface area contributed by atoms with Crippen LogP contribution in [0.3, 0.4) is 0 Å². The number of hydrogen-bond acceptors (Lipinski definition) is 4. The molecule has 1 fully saturated rings. The second-order valence-corrected chi connectivity index (χ2v) is 7.25. The van der Waals surface area contributed by atoms with Crippen LogP contribution in [0.15, 0.2) is 29.2 Å². The maximum atomic E-state index is 12.2. The Bertz CT molecular complexity index is 522. The number of hydrogen-bond donors (Lipinski definition) is 2. The number of nitrogens with two attached hydrogens (primary N) is 1. The van der Waals surface area contributed by atoms with Crippen LogP contribution in [0.1, 0.15) is 24.8 Å². The molecule has 0 unspecified atom stereocenters. The largest absolute Gasteiger partial charge is 0.330 e. The number of nitrogens with one attached hydrogen (secondary N) is 1. The van der Waals surface area contributed by atoms with Gasteiger partial charge in [0.2, 0.25) is 10.0 Å². The standard InChI is InChI=1S/C15H25N3O2S/c16-9-8-14-4-6-15(7-5-14)21(19,20)17-10-13-18-11-2-1-3-12-18/h4-7,17H,1-3,8-13,16H2. The summed E-state index contributed by atoms with van der Waals surface area (Å²) in [5, 5.41) is 0. The summed E-state index contributed by atoms with van der Waals surface area (Å²) in [5.41, 5.74) is 6.55. The Morgan fingerprint density at radius 2 is 1.76 bits per heavy atom. The fraction of sp³-hybridized carbons (Fsp3) is 0.600. The molecule has 0 aromatic heterocycles. The van der Waals surface area contributed by atoms with Gasteiger partial charge in [0, 0.05) is 13.1 Å². The fourth-order valence-electron chi connectivity index (χ4n) is 2.61. The van der Waals surface area contributed by atoms with Crippen LogP contribution in [0.4, 0.5) is 0 Å². The van der Waals surface area contributed by atoms with Crippen LogP contribution in [-0.4, -0.2) is 46.0 Å². The summed E-state index contributed by atoms with van der Waals surface area (Å²) < 4.78 is 27.1. The molecule has 0 bridgehead atoms. The molecule has 0 atom stereocenters. The molecule has 0 radical (unpaired) electrons. The van der Waals surface area contributed by atoms with Gasteiger partial charge in [-0.2, -0.15) is 0 Å². The van der Waals surface area contributed by atoms with Crippen molar-refractivity contribution < 1.29 is 8.42 Å². The Morgan fingerprint density at radius 3 is 2.38 bits per heavy atom. The van der Waals surface area contributed by atoms with E-state index in [0.717, 1.165) is 31.6 Å². The van der Waals surface area contributed by atoms with Crippen molar-refractivity contribution in [2.24, 2.45) is 5.73 Å². The zero-order chi connectivity index (χ0) is 15.1. The van der Waals surface area contributed by atoms with E-state index < -0.39 is 10.0 Å². The van der Waals surface area contributed by atoms with Crippen molar-refractivity contribution in [3.8, 4) is 0 Å². The van der Waals surface area contributed by atoms with Crippen molar-refractivity contribution in [1.82, 2.24) is 9.62 Å². The molecular weight excluding hydrogens is 286 g/mol. The minimum Gasteiger partial charge on any atom is -0.330 e. The van der Waals surface area contributed by atoms with E-state index in [0.29, 0.717) is 18.0 Å². The van der Waals surface area contributed by atoms with Crippen molar-refractivity contribution in [3.63, 3.8) is 0 Å². The van der Waals surface area contributed by atoms with Crippen molar-refractivity contribution in [2.45, 2.75) is 30.6 Å². The quantitative estimate of drug-likeness (QED) is 0.786. The topological polar surface area (TPSA) is 75.4 Å². The maximum absolute atomic E-state index is 12.2. The van der Waals surface area contributed by atoms with Gasteiger partial charge in [-0.15, -0.1) is 0 Å².